The van der Waals surface area contributed by atoms with Crippen molar-refractivity contribution in [2.45, 2.75) is 101 Å². The zero-order valence-electron chi connectivity index (χ0n) is 43.9. The van der Waals surface area contributed by atoms with Crippen molar-refractivity contribution in [1.29, 1.82) is 0 Å². The second-order valence-electron chi connectivity index (χ2n) is 19.9. The van der Waals surface area contributed by atoms with Crippen LogP contribution in [0.15, 0.2) is 83.7 Å². The van der Waals surface area contributed by atoms with Gasteiger partial charge in [-0.2, -0.15) is 54.3 Å². The largest absolute Gasteiger partial charge is 0.339 e. The molecular formula is C58H69FN12O5Y2-2. The first kappa shape index (κ1) is 62.9. The summed E-state index contributed by atoms with van der Waals surface area (Å²) in [6.07, 6.45) is 2.26. The average molecular weight is 1210 g/mol. The average Bonchev–Trinajstić information content (AvgIpc) is 4.10. The number of piperazine rings is 1. The maximum atomic E-state index is 14.6. The Morgan fingerprint density at radius 3 is 1.59 bits per heavy atom. The van der Waals surface area contributed by atoms with Crippen LogP contribution in [0.4, 0.5) is 4.39 Å². The van der Waals surface area contributed by atoms with E-state index in [1.54, 1.807) is 34.1 Å². The van der Waals surface area contributed by atoms with E-state index in [-0.39, 0.29) is 133 Å². The first-order valence-corrected chi connectivity index (χ1v) is 25.0. The summed E-state index contributed by atoms with van der Waals surface area (Å²) >= 11 is 0. The monoisotopic (exact) mass is 1210 g/mol. The molecule has 3 aliphatic heterocycles. The van der Waals surface area contributed by atoms with Crippen molar-refractivity contribution in [2.75, 3.05) is 39.3 Å². The fraction of sp³-hybridized carbons (Fsp3) is 0.379. The van der Waals surface area contributed by atoms with Crippen molar-refractivity contribution in [3.8, 4) is 0 Å². The SMILES string of the molecule is C.C.O=C(c1cc(Cc2n[nH]c(=O)c3ccccc23)ccc1F)N1CCN(C(=O)C2CC2)CC1.[CH2-]c1ccc(C)c(C(=O)N2Cc3nnc(C)n3C(C)C2)c1.[CH2-]c1ccc(C)c(C(=O)N2Cc3nnc(C)n3C(C)C2)c1.[Y].[Y]. The molecule has 2 fully saturated rings. The molecule has 2 radical (unpaired) electrons. The number of benzene rings is 4. The number of rotatable bonds is 6. The molecule has 4 aliphatic rings. The molecule has 2 unspecified atom stereocenters. The van der Waals surface area contributed by atoms with Crippen LogP contribution in [-0.2, 0) is 89.7 Å². The Morgan fingerprint density at radius 1 is 0.615 bits per heavy atom. The van der Waals surface area contributed by atoms with E-state index in [0.717, 1.165) is 80.5 Å². The molecule has 1 aliphatic carbocycles. The summed E-state index contributed by atoms with van der Waals surface area (Å²) in [6, 6.07) is 23.5. The maximum absolute atomic E-state index is 14.6. The normalized spacial score (nSPS) is 16.2. The van der Waals surface area contributed by atoms with Crippen LogP contribution in [0.25, 0.3) is 10.8 Å². The molecule has 3 aromatic heterocycles. The second kappa shape index (κ2) is 26.8. The number of aromatic nitrogens is 8. The molecule has 20 heteroatoms. The molecule has 6 heterocycles. The van der Waals surface area contributed by atoms with E-state index in [1.807, 2.05) is 86.0 Å². The summed E-state index contributed by atoms with van der Waals surface area (Å²) in [5, 5.41) is 24.5. The van der Waals surface area contributed by atoms with Gasteiger partial charge in [0.1, 0.15) is 17.5 Å². The van der Waals surface area contributed by atoms with E-state index in [0.29, 0.717) is 69.9 Å². The minimum atomic E-state index is -0.575. The van der Waals surface area contributed by atoms with E-state index in [4.69, 9.17) is 0 Å². The molecule has 17 nitrogen and oxygen atoms in total. The number of nitrogens with one attached hydrogen (secondary N) is 1. The fourth-order valence-electron chi connectivity index (χ4n) is 10.1. The topological polar surface area (TPSA) is 188 Å². The van der Waals surface area contributed by atoms with Gasteiger partial charge in [0.05, 0.1) is 41.8 Å². The summed E-state index contributed by atoms with van der Waals surface area (Å²) in [7, 11) is 0. The summed E-state index contributed by atoms with van der Waals surface area (Å²) in [5.74, 6) is 2.97. The Hall–Kier alpha value is -5.94. The minimum absolute atomic E-state index is 0. The van der Waals surface area contributed by atoms with Gasteiger partial charge in [0.2, 0.25) is 17.7 Å². The number of carbonyl (C=O) groups is 4. The molecule has 406 valence electrons. The van der Waals surface area contributed by atoms with Gasteiger partial charge in [-0.3, -0.25) is 24.0 Å². The molecule has 0 spiro atoms. The molecule has 7 aromatic rings. The first-order chi connectivity index (χ1) is 35.4. The number of H-pyrrole nitrogens is 1. The van der Waals surface area contributed by atoms with Crippen LogP contribution in [0.5, 0.6) is 0 Å². The van der Waals surface area contributed by atoms with Crippen LogP contribution < -0.4 is 5.56 Å². The molecule has 78 heavy (non-hydrogen) atoms. The van der Waals surface area contributed by atoms with Crippen molar-refractivity contribution in [3.63, 3.8) is 0 Å². The van der Waals surface area contributed by atoms with Crippen LogP contribution in [0.2, 0.25) is 0 Å². The van der Waals surface area contributed by atoms with E-state index in [1.165, 1.54) is 6.07 Å². The van der Waals surface area contributed by atoms with Crippen LogP contribution >= 0.6 is 0 Å². The van der Waals surface area contributed by atoms with Gasteiger partial charge in [0, 0.05) is 122 Å². The van der Waals surface area contributed by atoms with Gasteiger partial charge < -0.3 is 28.7 Å². The van der Waals surface area contributed by atoms with Crippen LogP contribution in [-0.4, -0.2) is 122 Å². The Bertz CT molecular complexity index is 3240. The van der Waals surface area contributed by atoms with Crippen LogP contribution in [0.1, 0.15) is 142 Å². The summed E-state index contributed by atoms with van der Waals surface area (Å²) in [6.45, 7) is 23.9. The Kier molecular flexibility index (Phi) is 21.6. The number of nitrogens with zero attached hydrogens (tertiary/aromatic N) is 11. The number of halogens is 1. The zero-order chi connectivity index (χ0) is 52.5. The number of fused-ring (bicyclic) bond motifs is 3. The third-order valence-electron chi connectivity index (χ3n) is 14.2. The number of aryl methyl sites for hydroxylation is 4. The summed E-state index contributed by atoms with van der Waals surface area (Å²) < 4.78 is 18.8. The zero-order valence-corrected chi connectivity index (χ0v) is 49.6. The summed E-state index contributed by atoms with van der Waals surface area (Å²) in [4.78, 5) is 69.9. The molecule has 1 saturated carbocycles. The molecule has 11 rings (SSSR count). The van der Waals surface area contributed by atoms with Crippen molar-refractivity contribution in [3.05, 3.63) is 182 Å². The van der Waals surface area contributed by atoms with E-state index in [2.05, 4.69) is 67.4 Å². The van der Waals surface area contributed by atoms with E-state index >= 15 is 0 Å². The third-order valence-corrected chi connectivity index (χ3v) is 14.2. The number of hydrogen-bond acceptors (Lipinski definition) is 10. The predicted octanol–water partition coefficient (Wildman–Crippen LogP) is 8.20. The van der Waals surface area contributed by atoms with Gasteiger partial charge in [-0.15, -0.1) is 32.5 Å². The van der Waals surface area contributed by atoms with Crippen molar-refractivity contribution >= 4 is 34.4 Å². The maximum Gasteiger partial charge on any atom is 0.272 e. The number of aromatic amines is 1. The standard InChI is InChI=1S/C24H23FN4O3.2C16H19N4O.2CH4.2Y/c25-20-8-5-15(14-21-17-3-1-2-4-18(17)22(30)27-26-21)13-19(20)24(32)29-11-9-28(10-12-29)23(31)16-6-7-16;2*1-10-5-6-11(2)14(7-10)16(21)19-8-12(3)20-13(4)17-18-15(20)9-19;;;;/h1-5,8,13,16H,6-7,9-12,14H2,(H,27,30);2*5-7,12H,1,8-9H2,2-4H3;2*1H4;;/q;2*-1;;;;. The van der Waals surface area contributed by atoms with Gasteiger partial charge in [-0.25, -0.2) is 9.49 Å². The van der Waals surface area contributed by atoms with Crippen LogP contribution in [0, 0.1) is 53.3 Å². The Balaban J connectivity index is 0.000000217. The third kappa shape index (κ3) is 13.7. The molecule has 1 N–H and O–H groups in total. The predicted molar refractivity (Wildman–Crippen MR) is 290 cm³/mol. The van der Waals surface area contributed by atoms with Gasteiger partial charge in [-0.1, -0.05) is 50.2 Å². The van der Waals surface area contributed by atoms with Gasteiger partial charge in [0.15, 0.2) is 11.6 Å². The molecule has 4 aromatic carbocycles. The Labute approximate surface area is 506 Å². The van der Waals surface area contributed by atoms with E-state index in [9.17, 15) is 28.4 Å². The molecule has 1 saturated heterocycles. The molecule has 4 amide bonds. The first-order valence-electron chi connectivity index (χ1n) is 25.0. The van der Waals surface area contributed by atoms with Crippen molar-refractivity contribution < 1.29 is 89.0 Å². The number of hydrogen-bond donors (Lipinski definition) is 1. The minimum Gasteiger partial charge on any atom is -0.339 e. The van der Waals surface area contributed by atoms with E-state index < -0.39 is 5.82 Å². The van der Waals surface area contributed by atoms with Crippen molar-refractivity contribution in [1.82, 2.24) is 59.3 Å². The van der Waals surface area contributed by atoms with Crippen molar-refractivity contribution in [2.24, 2.45) is 5.92 Å². The Morgan fingerprint density at radius 2 is 1.09 bits per heavy atom. The number of amides is 4. The second-order valence-corrected chi connectivity index (χ2v) is 19.9. The van der Waals surface area contributed by atoms with Gasteiger partial charge in [0.25, 0.3) is 11.5 Å². The van der Waals surface area contributed by atoms with Gasteiger partial charge in [-0.05, 0) is 89.3 Å². The quantitative estimate of drug-likeness (QED) is 0.159. The smallest absolute Gasteiger partial charge is 0.272 e. The molecular weight excluding hydrogens is 1140 g/mol. The summed E-state index contributed by atoms with van der Waals surface area (Å²) in [5.41, 5.74) is 6.22. The number of carbonyl (C=O) groups excluding carboxylic acids is 4. The molecule has 2 atom stereocenters. The van der Waals surface area contributed by atoms with Crippen LogP contribution in [0.3, 0.4) is 0 Å². The fourth-order valence-corrected chi connectivity index (χ4v) is 10.1. The van der Waals surface area contributed by atoms with Gasteiger partial charge >= 0.3 is 0 Å². The molecule has 0 bridgehead atoms.